The van der Waals surface area contributed by atoms with Crippen molar-refractivity contribution in [2.75, 3.05) is 31.7 Å². The highest BCUT2D eigenvalue weighted by atomic mass is 19.1. The molecule has 1 saturated carbocycles. The van der Waals surface area contributed by atoms with E-state index in [0.29, 0.717) is 50.6 Å². The van der Waals surface area contributed by atoms with Crippen molar-refractivity contribution in [3.05, 3.63) is 82.7 Å². The fourth-order valence-electron chi connectivity index (χ4n) is 4.85. The van der Waals surface area contributed by atoms with Gasteiger partial charge in [-0.1, -0.05) is 24.3 Å². The fraction of sp³-hybridized carbons (Fsp3) is 0.387. The lowest BCUT2D eigenvalue weighted by molar-refractivity contribution is -0.144. The summed E-state index contributed by atoms with van der Waals surface area (Å²) in [6, 6.07) is 17.7. The highest BCUT2D eigenvalue weighted by Crippen LogP contribution is 2.49. The monoisotopic (exact) mass is 505 g/mol. The van der Waals surface area contributed by atoms with Crippen molar-refractivity contribution in [3.63, 3.8) is 0 Å². The minimum atomic E-state index is -0.287. The molecule has 1 N–H and O–H groups in total. The molecule has 5 nitrogen and oxygen atoms in total. The number of esters is 1. The molecule has 0 aromatic heterocycles. The Morgan fingerprint density at radius 1 is 1.00 bits per heavy atom. The van der Waals surface area contributed by atoms with E-state index in [2.05, 4.69) is 49.5 Å². The molecule has 196 valence electrons. The number of rotatable bonds is 12. The number of ether oxygens (including phenoxy) is 3. The second-order valence-electron chi connectivity index (χ2n) is 9.47. The number of aryl methyl sites for hydroxylation is 2. The van der Waals surface area contributed by atoms with Crippen LogP contribution in [0.2, 0.25) is 0 Å². The van der Waals surface area contributed by atoms with Gasteiger partial charge in [-0.05, 0) is 97.8 Å². The van der Waals surface area contributed by atoms with Gasteiger partial charge in [0.2, 0.25) is 0 Å². The third-order valence-corrected chi connectivity index (χ3v) is 6.70. The second kappa shape index (κ2) is 12.2. The first kappa shape index (κ1) is 26.7. The van der Waals surface area contributed by atoms with Crippen LogP contribution in [0.5, 0.6) is 5.75 Å². The van der Waals surface area contributed by atoms with E-state index in [0.717, 1.165) is 28.0 Å². The SMILES string of the molecule is CCOCCOc1cc(C)c(-c2cccc(CNc3ccc(C4CC4C(=O)OCC)c(F)c3)c2)c(C)c1. The number of hydrogen-bond acceptors (Lipinski definition) is 5. The molecule has 1 aliphatic carbocycles. The molecule has 6 heteroatoms. The van der Waals surface area contributed by atoms with Crippen LogP contribution in [-0.2, 0) is 20.8 Å². The number of carbonyl (C=O) groups is 1. The number of nitrogens with one attached hydrogen (secondary N) is 1. The van der Waals surface area contributed by atoms with E-state index in [1.807, 2.05) is 19.1 Å². The third kappa shape index (κ3) is 6.69. The van der Waals surface area contributed by atoms with E-state index in [1.54, 1.807) is 13.0 Å². The van der Waals surface area contributed by atoms with Crippen molar-refractivity contribution >= 4 is 11.7 Å². The van der Waals surface area contributed by atoms with Gasteiger partial charge in [-0.3, -0.25) is 4.79 Å². The second-order valence-corrected chi connectivity index (χ2v) is 9.47. The van der Waals surface area contributed by atoms with E-state index in [4.69, 9.17) is 14.2 Å². The van der Waals surface area contributed by atoms with Gasteiger partial charge in [-0.25, -0.2) is 4.39 Å². The summed E-state index contributed by atoms with van der Waals surface area (Å²) >= 11 is 0. The molecular weight excluding hydrogens is 469 g/mol. The molecule has 2 atom stereocenters. The molecule has 3 aromatic rings. The Labute approximate surface area is 219 Å². The summed E-state index contributed by atoms with van der Waals surface area (Å²) in [5.41, 5.74) is 7.02. The lowest BCUT2D eigenvalue weighted by Crippen LogP contribution is -2.07. The van der Waals surface area contributed by atoms with E-state index >= 15 is 0 Å². The molecule has 0 spiro atoms. The first-order valence-electron chi connectivity index (χ1n) is 13.0. The van der Waals surface area contributed by atoms with Crippen LogP contribution >= 0.6 is 0 Å². The minimum Gasteiger partial charge on any atom is -0.491 e. The van der Waals surface area contributed by atoms with Crippen LogP contribution in [-0.4, -0.2) is 32.4 Å². The summed E-state index contributed by atoms with van der Waals surface area (Å²) in [7, 11) is 0. The number of halogens is 1. The number of anilines is 1. The molecule has 2 unspecified atom stereocenters. The molecule has 37 heavy (non-hydrogen) atoms. The first-order valence-corrected chi connectivity index (χ1v) is 13.0. The van der Waals surface area contributed by atoms with Gasteiger partial charge in [0.1, 0.15) is 18.2 Å². The quantitative estimate of drug-likeness (QED) is 0.217. The summed E-state index contributed by atoms with van der Waals surface area (Å²) in [4.78, 5) is 11.9. The van der Waals surface area contributed by atoms with Crippen LogP contribution in [0.1, 0.15) is 48.4 Å². The van der Waals surface area contributed by atoms with Gasteiger partial charge >= 0.3 is 5.97 Å². The summed E-state index contributed by atoms with van der Waals surface area (Å²) in [6.45, 7) is 10.7. The standard InChI is InChI=1S/C31H36FNO4/c1-5-35-12-13-37-25-14-20(3)30(21(4)15-25)23-9-7-8-22(16-23)19-33-24-10-11-26(29(32)17-24)27-18-28(27)31(34)36-6-2/h7-11,14-17,27-28,33H,5-6,12-13,18-19H2,1-4H3. The summed E-state index contributed by atoms with van der Waals surface area (Å²) in [5, 5.41) is 3.33. The van der Waals surface area contributed by atoms with Crippen molar-refractivity contribution in [1.82, 2.24) is 0 Å². The molecule has 0 bridgehead atoms. The van der Waals surface area contributed by atoms with Gasteiger partial charge < -0.3 is 19.5 Å². The van der Waals surface area contributed by atoms with Crippen molar-refractivity contribution in [2.45, 2.75) is 46.6 Å². The van der Waals surface area contributed by atoms with Crippen LogP contribution in [0.4, 0.5) is 10.1 Å². The smallest absolute Gasteiger partial charge is 0.309 e. The molecule has 4 rings (SSSR count). The average molecular weight is 506 g/mol. The van der Waals surface area contributed by atoms with E-state index in [-0.39, 0.29) is 23.6 Å². The molecular formula is C31H36FNO4. The van der Waals surface area contributed by atoms with Gasteiger partial charge in [0, 0.05) is 24.8 Å². The predicted octanol–water partition coefficient (Wildman–Crippen LogP) is 6.80. The topological polar surface area (TPSA) is 56.8 Å². The van der Waals surface area contributed by atoms with Crippen LogP contribution in [0.3, 0.4) is 0 Å². The Morgan fingerprint density at radius 2 is 1.78 bits per heavy atom. The van der Waals surface area contributed by atoms with Crippen molar-refractivity contribution in [3.8, 4) is 16.9 Å². The molecule has 0 saturated heterocycles. The Morgan fingerprint density at radius 3 is 2.49 bits per heavy atom. The zero-order chi connectivity index (χ0) is 26.4. The molecule has 0 aliphatic heterocycles. The average Bonchev–Trinajstić information content (AvgIpc) is 3.66. The lowest BCUT2D eigenvalue weighted by atomic mass is 9.94. The maximum atomic E-state index is 14.8. The van der Waals surface area contributed by atoms with E-state index < -0.39 is 0 Å². The summed E-state index contributed by atoms with van der Waals surface area (Å²) in [5.74, 6) is 0.0198. The number of hydrogen-bond donors (Lipinski definition) is 1. The Kier molecular flexibility index (Phi) is 8.82. The maximum Gasteiger partial charge on any atom is 0.309 e. The Balaban J connectivity index is 1.40. The zero-order valence-electron chi connectivity index (χ0n) is 22.1. The van der Waals surface area contributed by atoms with Crippen LogP contribution in [0, 0.1) is 25.6 Å². The van der Waals surface area contributed by atoms with Gasteiger partial charge in [-0.2, -0.15) is 0 Å². The van der Waals surface area contributed by atoms with Crippen molar-refractivity contribution < 1.29 is 23.4 Å². The molecule has 0 heterocycles. The fourth-order valence-corrected chi connectivity index (χ4v) is 4.85. The normalized spacial score (nSPS) is 16.4. The van der Waals surface area contributed by atoms with Crippen LogP contribution in [0.15, 0.2) is 54.6 Å². The van der Waals surface area contributed by atoms with E-state index in [1.165, 1.54) is 11.6 Å². The number of carbonyl (C=O) groups excluding carboxylic acids is 1. The van der Waals surface area contributed by atoms with Gasteiger partial charge in [0.05, 0.1) is 19.1 Å². The highest BCUT2D eigenvalue weighted by molar-refractivity contribution is 5.77. The molecule has 0 radical (unpaired) electrons. The minimum absolute atomic E-state index is 0.0854. The molecule has 1 fully saturated rings. The van der Waals surface area contributed by atoms with Crippen LogP contribution < -0.4 is 10.1 Å². The lowest BCUT2D eigenvalue weighted by Gasteiger charge is -2.15. The summed E-state index contributed by atoms with van der Waals surface area (Å²) < 4.78 is 31.1. The molecule has 0 amide bonds. The Bertz CT molecular complexity index is 1220. The molecule has 1 aliphatic rings. The van der Waals surface area contributed by atoms with Crippen LogP contribution in [0.25, 0.3) is 11.1 Å². The van der Waals surface area contributed by atoms with Gasteiger partial charge in [0.25, 0.3) is 0 Å². The van der Waals surface area contributed by atoms with Gasteiger partial charge in [-0.15, -0.1) is 0 Å². The van der Waals surface area contributed by atoms with E-state index in [9.17, 15) is 9.18 Å². The number of benzene rings is 3. The van der Waals surface area contributed by atoms with Crippen molar-refractivity contribution in [2.24, 2.45) is 5.92 Å². The highest BCUT2D eigenvalue weighted by Gasteiger charge is 2.46. The first-order chi connectivity index (χ1) is 17.9. The predicted molar refractivity (Wildman–Crippen MR) is 145 cm³/mol. The molecule has 3 aromatic carbocycles. The third-order valence-electron chi connectivity index (χ3n) is 6.70. The Hall–Kier alpha value is -3.38. The van der Waals surface area contributed by atoms with Crippen molar-refractivity contribution in [1.29, 1.82) is 0 Å². The largest absolute Gasteiger partial charge is 0.491 e. The van der Waals surface area contributed by atoms with Gasteiger partial charge in [0.15, 0.2) is 0 Å². The maximum absolute atomic E-state index is 14.8. The zero-order valence-corrected chi connectivity index (χ0v) is 22.1. The summed E-state index contributed by atoms with van der Waals surface area (Å²) in [6.07, 6.45) is 0.647.